The van der Waals surface area contributed by atoms with Crippen LogP contribution >= 0.6 is 11.3 Å². The van der Waals surface area contributed by atoms with Gasteiger partial charge in [-0.25, -0.2) is 0 Å². The van der Waals surface area contributed by atoms with E-state index in [2.05, 4.69) is 4.99 Å². The number of carbonyl (C=O) groups excluding carboxylic acids is 1. The maximum atomic E-state index is 12.1. The number of fused-ring (bicyclic) bond motifs is 1. The smallest absolute Gasteiger partial charge is 0.315 e. The van der Waals surface area contributed by atoms with Gasteiger partial charge in [0.05, 0.1) is 28.0 Å². The molecule has 9 heteroatoms. The van der Waals surface area contributed by atoms with Crippen LogP contribution in [0.2, 0.25) is 0 Å². The van der Waals surface area contributed by atoms with Gasteiger partial charge in [0.1, 0.15) is 0 Å². The number of non-ortho nitro benzene ring substituents is 1. The Hall–Kier alpha value is -2.78. The van der Waals surface area contributed by atoms with Crippen molar-refractivity contribution in [2.45, 2.75) is 6.54 Å². The van der Waals surface area contributed by atoms with E-state index in [1.807, 2.05) is 0 Å². The minimum absolute atomic E-state index is 0.0182. The first-order valence-electron chi connectivity index (χ1n) is 6.99. The SMILES string of the molecule is COCCn1c(=NC(=O)c2ccco2)sc2ccc([N+](=O)[O-])cc21. The molecule has 0 bridgehead atoms. The number of furan rings is 1. The molecule has 0 atom stereocenters. The summed E-state index contributed by atoms with van der Waals surface area (Å²) in [6.07, 6.45) is 1.40. The van der Waals surface area contributed by atoms with Gasteiger partial charge >= 0.3 is 5.91 Å². The highest BCUT2D eigenvalue weighted by atomic mass is 32.1. The Morgan fingerprint density at radius 1 is 1.46 bits per heavy atom. The number of nitro groups is 1. The zero-order chi connectivity index (χ0) is 17.1. The minimum atomic E-state index is -0.507. The number of ether oxygens (including phenoxy) is 1. The van der Waals surface area contributed by atoms with Crippen molar-refractivity contribution < 1.29 is 18.9 Å². The summed E-state index contributed by atoms with van der Waals surface area (Å²) in [7, 11) is 1.56. The second-order valence-corrected chi connectivity index (χ2v) is 5.84. The third kappa shape index (κ3) is 3.12. The molecule has 0 unspecified atom stereocenters. The number of rotatable bonds is 5. The van der Waals surface area contributed by atoms with Gasteiger partial charge in [0.2, 0.25) is 0 Å². The molecule has 1 amide bonds. The summed E-state index contributed by atoms with van der Waals surface area (Å²) in [5.41, 5.74) is 0.618. The summed E-state index contributed by atoms with van der Waals surface area (Å²) < 4.78 is 12.7. The number of hydrogen-bond acceptors (Lipinski definition) is 6. The first kappa shape index (κ1) is 16.1. The Kier molecular flexibility index (Phi) is 4.54. The van der Waals surface area contributed by atoms with E-state index in [0.29, 0.717) is 23.5 Å². The van der Waals surface area contributed by atoms with Gasteiger partial charge in [-0.1, -0.05) is 11.3 Å². The number of carbonyl (C=O) groups is 1. The molecule has 0 aliphatic rings. The van der Waals surface area contributed by atoms with Crippen molar-refractivity contribution in [3.63, 3.8) is 0 Å². The maximum Gasteiger partial charge on any atom is 0.315 e. The highest BCUT2D eigenvalue weighted by molar-refractivity contribution is 7.16. The van der Waals surface area contributed by atoms with Crippen molar-refractivity contribution in [3.05, 3.63) is 57.3 Å². The molecule has 2 aromatic heterocycles. The molecule has 24 heavy (non-hydrogen) atoms. The van der Waals surface area contributed by atoms with Gasteiger partial charge < -0.3 is 13.7 Å². The van der Waals surface area contributed by atoms with Crippen LogP contribution in [0.25, 0.3) is 10.2 Å². The molecule has 0 saturated heterocycles. The van der Waals surface area contributed by atoms with Crippen molar-refractivity contribution in [3.8, 4) is 0 Å². The summed E-state index contributed by atoms with van der Waals surface area (Å²) in [4.78, 5) is 27.2. The van der Waals surface area contributed by atoms with E-state index in [-0.39, 0.29) is 11.4 Å². The van der Waals surface area contributed by atoms with E-state index in [1.165, 1.54) is 35.8 Å². The van der Waals surface area contributed by atoms with Crippen LogP contribution in [0.3, 0.4) is 0 Å². The lowest BCUT2D eigenvalue weighted by Crippen LogP contribution is -2.19. The Bertz CT molecular complexity index is 955. The average Bonchev–Trinajstić information content (AvgIpc) is 3.20. The topological polar surface area (TPSA) is 99.9 Å². The number of aromatic nitrogens is 1. The molecule has 0 aliphatic heterocycles. The molecule has 0 spiro atoms. The predicted octanol–water partition coefficient (Wildman–Crippen LogP) is 2.59. The molecule has 124 valence electrons. The van der Waals surface area contributed by atoms with Crippen LogP contribution < -0.4 is 4.80 Å². The van der Waals surface area contributed by atoms with E-state index in [9.17, 15) is 14.9 Å². The quantitative estimate of drug-likeness (QED) is 0.522. The normalized spacial score (nSPS) is 12.0. The molecule has 8 nitrogen and oxygen atoms in total. The Morgan fingerprint density at radius 2 is 2.29 bits per heavy atom. The lowest BCUT2D eigenvalue weighted by Gasteiger charge is -2.03. The molecular formula is C15H13N3O5S. The molecule has 0 radical (unpaired) electrons. The lowest BCUT2D eigenvalue weighted by molar-refractivity contribution is -0.384. The van der Waals surface area contributed by atoms with Crippen LogP contribution in [0.15, 0.2) is 46.0 Å². The third-order valence-electron chi connectivity index (χ3n) is 3.32. The highest BCUT2D eigenvalue weighted by Gasteiger charge is 2.14. The summed E-state index contributed by atoms with van der Waals surface area (Å²) in [6, 6.07) is 7.69. The number of amides is 1. The van der Waals surface area contributed by atoms with Gasteiger partial charge in [-0.15, -0.1) is 0 Å². The molecule has 0 saturated carbocycles. The second kappa shape index (κ2) is 6.77. The molecule has 3 aromatic rings. The lowest BCUT2D eigenvalue weighted by atomic mass is 10.3. The van der Waals surface area contributed by atoms with E-state index < -0.39 is 10.8 Å². The first-order chi connectivity index (χ1) is 11.6. The number of methoxy groups -OCH3 is 1. The maximum absolute atomic E-state index is 12.1. The van der Waals surface area contributed by atoms with E-state index >= 15 is 0 Å². The van der Waals surface area contributed by atoms with E-state index in [0.717, 1.165) is 4.70 Å². The summed E-state index contributed by atoms with van der Waals surface area (Å²) in [5.74, 6) is -0.371. The molecule has 0 fully saturated rings. The number of thiazole rings is 1. The summed E-state index contributed by atoms with van der Waals surface area (Å²) in [6.45, 7) is 0.804. The van der Waals surface area contributed by atoms with Crippen LogP contribution in [-0.4, -0.2) is 29.1 Å². The van der Waals surface area contributed by atoms with Gasteiger partial charge in [0, 0.05) is 25.8 Å². The van der Waals surface area contributed by atoms with Gasteiger partial charge in [0.15, 0.2) is 10.6 Å². The molecular weight excluding hydrogens is 334 g/mol. The van der Waals surface area contributed by atoms with Gasteiger partial charge in [-0.05, 0) is 18.2 Å². The van der Waals surface area contributed by atoms with Crippen molar-refractivity contribution in [1.82, 2.24) is 4.57 Å². The van der Waals surface area contributed by atoms with Gasteiger partial charge in [-0.3, -0.25) is 14.9 Å². The second-order valence-electron chi connectivity index (χ2n) is 4.83. The van der Waals surface area contributed by atoms with Crippen molar-refractivity contribution >= 4 is 33.1 Å². The third-order valence-corrected chi connectivity index (χ3v) is 4.38. The van der Waals surface area contributed by atoms with Crippen LogP contribution in [0, 0.1) is 10.1 Å². The zero-order valence-electron chi connectivity index (χ0n) is 12.7. The van der Waals surface area contributed by atoms with Crippen LogP contribution in [-0.2, 0) is 11.3 Å². The van der Waals surface area contributed by atoms with E-state index in [4.69, 9.17) is 9.15 Å². The first-order valence-corrected chi connectivity index (χ1v) is 7.81. The minimum Gasteiger partial charge on any atom is -0.459 e. The van der Waals surface area contributed by atoms with Crippen LogP contribution in [0.1, 0.15) is 10.6 Å². The number of benzene rings is 1. The largest absolute Gasteiger partial charge is 0.459 e. The number of hydrogen-bond donors (Lipinski definition) is 0. The van der Waals surface area contributed by atoms with Crippen molar-refractivity contribution in [2.75, 3.05) is 13.7 Å². The van der Waals surface area contributed by atoms with Crippen LogP contribution in [0.5, 0.6) is 0 Å². The fourth-order valence-electron chi connectivity index (χ4n) is 2.20. The van der Waals surface area contributed by atoms with Crippen LogP contribution in [0.4, 0.5) is 5.69 Å². The highest BCUT2D eigenvalue weighted by Crippen LogP contribution is 2.23. The summed E-state index contributed by atoms with van der Waals surface area (Å²) >= 11 is 1.28. The van der Waals surface area contributed by atoms with Gasteiger partial charge in [-0.2, -0.15) is 4.99 Å². The fraction of sp³-hybridized carbons (Fsp3) is 0.200. The standard InChI is InChI=1S/C15H13N3O5S/c1-22-8-6-17-11-9-10(18(20)21)4-5-13(11)24-15(17)16-14(19)12-3-2-7-23-12/h2-5,7,9H,6,8H2,1H3. The monoisotopic (exact) mass is 347 g/mol. The Morgan fingerprint density at radius 3 is 2.96 bits per heavy atom. The molecule has 1 aromatic carbocycles. The summed E-state index contributed by atoms with van der Waals surface area (Å²) in [5, 5.41) is 11.0. The van der Waals surface area contributed by atoms with Gasteiger partial charge in [0.25, 0.3) is 5.69 Å². The Balaban J connectivity index is 2.15. The van der Waals surface area contributed by atoms with Crippen molar-refractivity contribution in [2.24, 2.45) is 4.99 Å². The molecule has 2 heterocycles. The fourth-order valence-corrected chi connectivity index (χ4v) is 3.23. The Labute approximate surface area is 139 Å². The van der Waals surface area contributed by atoms with Crippen molar-refractivity contribution in [1.29, 1.82) is 0 Å². The van der Waals surface area contributed by atoms with E-state index in [1.54, 1.807) is 23.8 Å². The number of nitrogens with zero attached hydrogens (tertiary/aromatic N) is 3. The average molecular weight is 347 g/mol. The molecule has 3 rings (SSSR count). The predicted molar refractivity (Wildman–Crippen MR) is 86.9 cm³/mol. The number of nitro benzene ring substituents is 1. The zero-order valence-corrected chi connectivity index (χ0v) is 13.5. The molecule has 0 aliphatic carbocycles. The molecule has 0 N–H and O–H groups in total.